The van der Waals surface area contributed by atoms with E-state index in [0.29, 0.717) is 23.2 Å². The summed E-state index contributed by atoms with van der Waals surface area (Å²) in [6, 6.07) is 3.26. The van der Waals surface area contributed by atoms with E-state index in [2.05, 4.69) is 15.3 Å². The molecule has 1 rings (SSSR count). The number of ketones is 1. The van der Waals surface area contributed by atoms with Crippen LogP contribution in [0.4, 0.5) is 5.69 Å². The molecule has 1 aromatic rings. The minimum Gasteiger partial charge on any atom is -0.399 e. The summed E-state index contributed by atoms with van der Waals surface area (Å²) in [6.07, 6.45) is 1.87. The van der Waals surface area contributed by atoms with Crippen LogP contribution in [0.5, 0.6) is 0 Å². The number of carbonyl (C=O) groups excluding carboxylic acids is 2. The zero-order chi connectivity index (χ0) is 17.6. The highest BCUT2D eigenvalue weighted by Gasteiger charge is 2.32. The van der Waals surface area contributed by atoms with Gasteiger partial charge in [0.05, 0.1) is 17.6 Å². The third kappa shape index (κ3) is 4.45. The Hall–Kier alpha value is -2.08. The van der Waals surface area contributed by atoms with Crippen molar-refractivity contribution in [2.75, 3.05) is 18.7 Å². The molecular weight excluding hydrogens is 318 g/mol. The van der Waals surface area contributed by atoms with Crippen LogP contribution in [0, 0.1) is 6.92 Å². The fraction of sp³-hybridized carbons (Fsp3) is 0.438. The van der Waals surface area contributed by atoms with Gasteiger partial charge in [-0.05, 0) is 38.0 Å². The predicted octanol–water partition coefficient (Wildman–Crippen LogP) is 2.26. The first-order valence-electron chi connectivity index (χ1n) is 7.17. The summed E-state index contributed by atoms with van der Waals surface area (Å²) in [5.74, 6) is -0.761. The van der Waals surface area contributed by atoms with Crippen LogP contribution < -0.4 is 11.1 Å². The highest BCUT2D eigenvalue weighted by molar-refractivity contribution is 6.29. The lowest BCUT2D eigenvalue weighted by atomic mass is 9.93. The van der Waals surface area contributed by atoms with E-state index < -0.39 is 5.54 Å². The molecule has 1 amide bonds. The summed E-state index contributed by atoms with van der Waals surface area (Å²) < 4.78 is 0. The van der Waals surface area contributed by atoms with Crippen LogP contribution in [0.1, 0.15) is 41.8 Å². The first-order chi connectivity index (χ1) is 10.8. The average molecular weight is 340 g/mol. The quantitative estimate of drug-likeness (QED) is 0.345. The van der Waals surface area contributed by atoms with Crippen molar-refractivity contribution in [2.45, 2.75) is 32.7 Å². The molecule has 0 aliphatic heterocycles. The third-order valence-corrected chi connectivity index (χ3v) is 4.05. The SMILES string of the molecule is CCC(C)(NC(=O)c1cc(C)c(N)c(/C=N/OC)c1)C(=O)CCl. The van der Waals surface area contributed by atoms with Gasteiger partial charge in [0.25, 0.3) is 5.91 Å². The number of nitrogens with zero attached hydrogens (tertiary/aromatic N) is 1. The summed E-state index contributed by atoms with van der Waals surface area (Å²) in [7, 11) is 1.42. The minimum absolute atomic E-state index is 0.156. The van der Waals surface area contributed by atoms with Crippen LogP contribution in [-0.2, 0) is 9.63 Å². The van der Waals surface area contributed by atoms with Crippen LogP contribution in [-0.4, -0.2) is 36.4 Å². The molecule has 0 radical (unpaired) electrons. The number of oxime groups is 1. The molecule has 0 fully saturated rings. The Kier molecular flexibility index (Phi) is 6.57. The van der Waals surface area contributed by atoms with Crippen LogP contribution >= 0.6 is 11.6 Å². The molecule has 1 aromatic carbocycles. The lowest BCUT2D eigenvalue weighted by Gasteiger charge is -2.27. The lowest BCUT2D eigenvalue weighted by Crippen LogP contribution is -2.52. The second-order valence-corrected chi connectivity index (χ2v) is 5.68. The zero-order valence-electron chi connectivity index (χ0n) is 13.8. The molecule has 23 heavy (non-hydrogen) atoms. The van der Waals surface area contributed by atoms with Crippen LogP contribution in [0.3, 0.4) is 0 Å². The summed E-state index contributed by atoms with van der Waals surface area (Å²) in [4.78, 5) is 29.1. The number of aryl methyl sites for hydroxylation is 1. The molecule has 1 unspecified atom stereocenters. The third-order valence-electron chi connectivity index (χ3n) is 3.81. The average Bonchev–Trinajstić information content (AvgIpc) is 2.54. The smallest absolute Gasteiger partial charge is 0.252 e. The summed E-state index contributed by atoms with van der Waals surface area (Å²) in [6.45, 7) is 5.27. The van der Waals surface area contributed by atoms with E-state index in [9.17, 15) is 9.59 Å². The number of Topliss-reactive ketones (excluding diaryl/α,β-unsaturated/α-hetero) is 1. The summed E-state index contributed by atoms with van der Waals surface area (Å²) in [5.41, 5.74) is 7.16. The number of anilines is 1. The minimum atomic E-state index is -1.01. The maximum atomic E-state index is 12.5. The van der Waals surface area contributed by atoms with E-state index in [0.717, 1.165) is 5.56 Å². The van der Waals surface area contributed by atoms with Gasteiger partial charge in [-0.3, -0.25) is 9.59 Å². The molecular formula is C16H22ClN3O3. The molecule has 0 saturated heterocycles. The van der Waals surface area contributed by atoms with Gasteiger partial charge in [0, 0.05) is 16.8 Å². The molecule has 126 valence electrons. The second-order valence-electron chi connectivity index (χ2n) is 5.41. The highest BCUT2D eigenvalue weighted by Crippen LogP contribution is 2.20. The fourth-order valence-corrected chi connectivity index (χ4v) is 2.29. The number of amides is 1. The van der Waals surface area contributed by atoms with E-state index in [1.54, 1.807) is 26.0 Å². The molecule has 0 spiro atoms. The molecule has 0 aliphatic rings. The Morgan fingerprint density at radius 1 is 1.48 bits per heavy atom. The van der Waals surface area contributed by atoms with Crippen LogP contribution in [0.15, 0.2) is 17.3 Å². The Labute approximate surface area is 141 Å². The van der Waals surface area contributed by atoms with Crippen molar-refractivity contribution >= 4 is 35.2 Å². The number of nitrogen functional groups attached to an aromatic ring is 1. The van der Waals surface area contributed by atoms with Crippen molar-refractivity contribution < 1.29 is 14.4 Å². The predicted molar refractivity (Wildman–Crippen MR) is 92.1 cm³/mol. The molecule has 0 saturated carbocycles. The summed E-state index contributed by atoms with van der Waals surface area (Å²) >= 11 is 5.62. The monoisotopic (exact) mass is 339 g/mol. The number of carbonyl (C=O) groups is 2. The fourth-order valence-electron chi connectivity index (χ4n) is 2.00. The molecule has 7 heteroatoms. The van der Waals surface area contributed by atoms with Gasteiger partial charge in [-0.25, -0.2) is 0 Å². The Morgan fingerprint density at radius 2 is 2.13 bits per heavy atom. The Bertz CT molecular complexity index is 631. The number of alkyl halides is 1. The van der Waals surface area contributed by atoms with E-state index in [4.69, 9.17) is 17.3 Å². The topological polar surface area (TPSA) is 93.8 Å². The molecule has 1 atom stereocenters. The number of benzene rings is 1. The molecule has 0 aromatic heterocycles. The molecule has 0 aliphatic carbocycles. The van der Waals surface area contributed by atoms with Gasteiger partial charge in [-0.2, -0.15) is 0 Å². The van der Waals surface area contributed by atoms with Crippen molar-refractivity contribution in [2.24, 2.45) is 5.16 Å². The molecule has 0 heterocycles. The van der Waals surface area contributed by atoms with Gasteiger partial charge in [0.2, 0.25) is 0 Å². The van der Waals surface area contributed by atoms with Crippen LogP contribution in [0.25, 0.3) is 0 Å². The van der Waals surface area contributed by atoms with Gasteiger partial charge >= 0.3 is 0 Å². The van der Waals surface area contributed by atoms with Gasteiger partial charge in [-0.15, -0.1) is 11.6 Å². The summed E-state index contributed by atoms with van der Waals surface area (Å²) in [5, 5.41) is 6.42. The number of hydrogen-bond donors (Lipinski definition) is 2. The van der Waals surface area contributed by atoms with Crippen LogP contribution in [0.2, 0.25) is 0 Å². The maximum absolute atomic E-state index is 12.5. The second kappa shape index (κ2) is 7.97. The Morgan fingerprint density at radius 3 is 2.65 bits per heavy atom. The van der Waals surface area contributed by atoms with Gasteiger partial charge < -0.3 is 15.9 Å². The molecule has 3 N–H and O–H groups in total. The molecule has 0 bridgehead atoms. The normalized spacial score (nSPS) is 13.6. The number of rotatable bonds is 7. The standard InChI is InChI=1S/C16H22ClN3O3/c1-5-16(3,13(21)8-17)20-15(22)11-6-10(2)14(18)12(7-11)9-19-23-4/h6-7,9H,5,8,18H2,1-4H3,(H,20,22)/b19-9+. The first-order valence-corrected chi connectivity index (χ1v) is 7.71. The van der Waals surface area contributed by atoms with Gasteiger partial charge in [-0.1, -0.05) is 12.1 Å². The number of nitrogens with two attached hydrogens (primary N) is 1. The van der Waals surface area contributed by atoms with Gasteiger partial charge in [0.1, 0.15) is 7.11 Å². The number of nitrogens with one attached hydrogen (secondary N) is 1. The van der Waals surface area contributed by atoms with E-state index in [1.165, 1.54) is 13.3 Å². The van der Waals surface area contributed by atoms with Gasteiger partial charge in [0.15, 0.2) is 5.78 Å². The van der Waals surface area contributed by atoms with Crippen molar-refractivity contribution in [1.82, 2.24) is 5.32 Å². The zero-order valence-corrected chi connectivity index (χ0v) is 14.5. The van der Waals surface area contributed by atoms with E-state index in [-0.39, 0.29) is 17.6 Å². The maximum Gasteiger partial charge on any atom is 0.252 e. The van der Waals surface area contributed by atoms with E-state index >= 15 is 0 Å². The van der Waals surface area contributed by atoms with Crippen molar-refractivity contribution in [3.8, 4) is 0 Å². The van der Waals surface area contributed by atoms with E-state index in [1.807, 2.05) is 6.92 Å². The number of hydrogen-bond acceptors (Lipinski definition) is 5. The first kappa shape index (κ1) is 19.0. The van der Waals surface area contributed by atoms with Crippen molar-refractivity contribution in [3.63, 3.8) is 0 Å². The van der Waals surface area contributed by atoms with Crippen molar-refractivity contribution in [1.29, 1.82) is 0 Å². The largest absolute Gasteiger partial charge is 0.399 e. The number of halogens is 1. The molecule has 6 nitrogen and oxygen atoms in total. The lowest BCUT2D eigenvalue weighted by molar-refractivity contribution is -0.122. The highest BCUT2D eigenvalue weighted by atomic mass is 35.5. The Balaban J connectivity index is 3.15. The van der Waals surface area contributed by atoms with Crippen molar-refractivity contribution in [3.05, 3.63) is 28.8 Å².